The maximum atomic E-state index is 13.5. The van der Waals surface area contributed by atoms with Crippen LogP contribution in [0, 0.1) is 6.92 Å². The van der Waals surface area contributed by atoms with Gasteiger partial charge in [0.1, 0.15) is 5.75 Å². The monoisotopic (exact) mass is 435 g/mol. The number of nitrogens with zero attached hydrogens (tertiary/aromatic N) is 1. The number of carbonyl (C=O) groups is 1. The molecule has 1 aliphatic heterocycles. The topological polar surface area (TPSA) is 29.5 Å². The molecule has 1 aliphatic rings. The average molecular weight is 436 g/mol. The lowest BCUT2D eigenvalue weighted by molar-refractivity contribution is -0.113. The van der Waals surface area contributed by atoms with E-state index in [0.717, 1.165) is 33.8 Å². The Hall–Kier alpha value is -3.01. The summed E-state index contributed by atoms with van der Waals surface area (Å²) in [4.78, 5) is 15.2. The Bertz CT molecular complexity index is 1160. The van der Waals surface area contributed by atoms with Crippen molar-refractivity contribution in [1.29, 1.82) is 0 Å². The van der Waals surface area contributed by atoms with Crippen LogP contribution in [0.25, 0.3) is 11.8 Å². The molecule has 30 heavy (non-hydrogen) atoms. The van der Waals surface area contributed by atoms with Crippen LogP contribution < -0.4 is 9.64 Å². The van der Waals surface area contributed by atoms with E-state index in [1.165, 1.54) is 0 Å². The van der Waals surface area contributed by atoms with Crippen LogP contribution in [-0.2, 0) is 4.79 Å². The SMILES string of the molecule is COc1ccc(/C=C2/C=C(c3ccc(Cl)cc3)N(c3cccc(Cl)c3C)C2=O)cc1. The van der Waals surface area contributed by atoms with Crippen LogP contribution in [0.2, 0.25) is 10.0 Å². The number of hydrogen-bond donors (Lipinski definition) is 0. The minimum Gasteiger partial charge on any atom is -0.497 e. The standard InChI is InChI=1S/C25H19Cl2NO2/c1-16-22(27)4-3-5-23(16)28-24(18-8-10-20(26)11-9-18)15-19(25(28)29)14-17-6-12-21(30-2)13-7-17/h3-15H,1-2H3/b19-14-. The third-order valence-corrected chi connectivity index (χ3v) is 5.70. The molecule has 0 radical (unpaired) electrons. The molecule has 3 nitrogen and oxygen atoms in total. The molecule has 0 fully saturated rings. The molecule has 3 aromatic carbocycles. The zero-order chi connectivity index (χ0) is 21.3. The first-order valence-electron chi connectivity index (χ1n) is 9.41. The van der Waals surface area contributed by atoms with Gasteiger partial charge in [-0.25, -0.2) is 0 Å². The van der Waals surface area contributed by atoms with Gasteiger partial charge in [0, 0.05) is 15.6 Å². The normalized spacial score (nSPS) is 14.9. The molecule has 4 rings (SSSR count). The third-order valence-electron chi connectivity index (χ3n) is 5.04. The van der Waals surface area contributed by atoms with E-state index < -0.39 is 0 Å². The summed E-state index contributed by atoms with van der Waals surface area (Å²) in [7, 11) is 1.63. The van der Waals surface area contributed by atoms with Gasteiger partial charge in [-0.2, -0.15) is 0 Å². The van der Waals surface area contributed by atoms with E-state index in [4.69, 9.17) is 27.9 Å². The van der Waals surface area contributed by atoms with Crippen molar-refractivity contribution < 1.29 is 9.53 Å². The number of rotatable bonds is 4. The molecule has 0 saturated carbocycles. The summed E-state index contributed by atoms with van der Waals surface area (Å²) >= 11 is 12.4. The van der Waals surface area contributed by atoms with Crippen LogP contribution in [0.4, 0.5) is 5.69 Å². The first kappa shape index (κ1) is 20.3. The van der Waals surface area contributed by atoms with E-state index in [9.17, 15) is 4.79 Å². The van der Waals surface area contributed by atoms with Crippen LogP contribution in [0.1, 0.15) is 16.7 Å². The summed E-state index contributed by atoms with van der Waals surface area (Å²) < 4.78 is 5.21. The van der Waals surface area contributed by atoms with E-state index in [0.29, 0.717) is 15.6 Å². The minimum atomic E-state index is -0.110. The molecule has 0 unspecified atom stereocenters. The molecular formula is C25H19Cl2NO2. The van der Waals surface area contributed by atoms with Crippen molar-refractivity contribution in [2.24, 2.45) is 0 Å². The molecule has 0 N–H and O–H groups in total. The molecule has 5 heteroatoms. The van der Waals surface area contributed by atoms with Crippen LogP contribution in [0.3, 0.4) is 0 Å². The Kier molecular flexibility index (Phi) is 5.67. The molecule has 0 saturated heterocycles. The fraction of sp³-hybridized carbons (Fsp3) is 0.0800. The molecule has 0 spiro atoms. The van der Waals surface area contributed by atoms with Gasteiger partial charge in [0.15, 0.2) is 0 Å². The first-order chi connectivity index (χ1) is 14.5. The summed E-state index contributed by atoms with van der Waals surface area (Å²) in [6.07, 6.45) is 3.77. The second kappa shape index (κ2) is 8.39. The average Bonchev–Trinajstić information content (AvgIpc) is 3.07. The van der Waals surface area contributed by atoms with Gasteiger partial charge in [-0.1, -0.05) is 53.5 Å². The van der Waals surface area contributed by atoms with Crippen molar-refractivity contribution in [2.45, 2.75) is 6.92 Å². The van der Waals surface area contributed by atoms with Gasteiger partial charge < -0.3 is 4.74 Å². The highest BCUT2D eigenvalue weighted by Crippen LogP contribution is 2.38. The first-order valence-corrected chi connectivity index (χ1v) is 10.2. The maximum Gasteiger partial charge on any atom is 0.262 e. The second-order valence-electron chi connectivity index (χ2n) is 6.93. The van der Waals surface area contributed by atoms with Gasteiger partial charge in [0.05, 0.1) is 18.5 Å². The van der Waals surface area contributed by atoms with Crippen molar-refractivity contribution >= 4 is 46.6 Å². The predicted molar refractivity (Wildman–Crippen MR) is 124 cm³/mol. The van der Waals surface area contributed by atoms with E-state index in [1.54, 1.807) is 12.0 Å². The number of ether oxygens (including phenoxy) is 1. The Morgan fingerprint density at radius 2 is 1.63 bits per heavy atom. The number of benzene rings is 3. The van der Waals surface area contributed by atoms with Gasteiger partial charge >= 0.3 is 0 Å². The lowest BCUT2D eigenvalue weighted by atomic mass is 10.1. The molecule has 0 aromatic heterocycles. The fourth-order valence-electron chi connectivity index (χ4n) is 3.41. The van der Waals surface area contributed by atoms with Crippen molar-refractivity contribution in [3.8, 4) is 5.75 Å². The summed E-state index contributed by atoms with van der Waals surface area (Å²) in [5.74, 6) is 0.657. The number of hydrogen-bond acceptors (Lipinski definition) is 2. The van der Waals surface area contributed by atoms with Gasteiger partial charge in [-0.3, -0.25) is 9.69 Å². The zero-order valence-electron chi connectivity index (χ0n) is 16.5. The summed E-state index contributed by atoms with van der Waals surface area (Å²) in [5, 5.41) is 1.26. The van der Waals surface area contributed by atoms with E-state index in [1.807, 2.05) is 85.8 Å². The number of carbonyl (C=O) groups excluding carboxylic acids is 1. The largest absolute Gasteiger partial charge is 0.497 e. The van der Waals surface area contributed by atoms with E-state index in [-0.39, 0.29) is 5.91 Å². The van der Waals surface area contributed by atoms with Gasteiger partial charge in [0.2, 0.25) is 0 Å². The molecular weight excluding hydrogens is 417 g/mol. The highest BCUT2D eigenvalue weighted by molar-refractivity contribution is 6.32. The van der Waals surface area contributed by atoms with Crippen LogP contribution in [-0.4, -0.2) is 13.0 Å². The molecule has 1 heterocycles. The molecule has 1 amide bonds. The molecule has 0 aliphatic carbocycles. The second-order valence-corrected chi connectivity index (χ2v) is 7.78. The van der Waals surface area contributed by atoms with Gasteiger partial charge in [-0.05, 0) is 72.2 Å². The highest BCUT2D eigenvalue weighted by Gasteiger charge is 2.31. The fourth-order valence-corrected chi connectivity index (χ4v) is 3.70. The molecule has 0 atom stereocenters. The van der Waals surface area contributed by atoms with Gasteiger partial charge in [0.25, 0.3) is 5.91 Å². The lowest BCUT2D eigenvalue weighted by Crippen LogP contribution is -2.25. The van der Waals surface area contributed by atoms with E-state index in [2.05, 4.69) is 0 Å². The van der Waals surface area contributed by atoms with Crippen LogP contribution in [0.5, 0.6) is 5.75 Å². The lowest BCUT2D eigenvalue weighted by Gasteiger charge is -2.23. The van der Waals surface area contributed by atoms with Crippen molar-refractivity contribution in [3.05, 3.63) is 105 Å². The number of halogens is 2. The Labute approximate surface area is 185 Å². The Morgan fingerprint density at radius 3 is 2.30 bits per heavy atom. The van der Waals surface area contributed by atoms with Crippen molar-refractivity contribution in [3.63, 3.8) is 0 Å². The zero-order valence-corrected chi connectivity index (χ0v) is 18.0. The van der Waals surface area contributed by atoms with Crippen LogP contribution >= 0.6 is 23.2 Å². The minimum absolute atomic E-state index is 0.110. The Balaban J connectivity index is 1.83. The van der Waals surface area contributed by atoms with Crippen LogP contribution in [0.15, 0.2) is 78.4 Å². The molecule has 3 aromatic rings. The quantitative estimate of drug-likeness (QED) is 0.422. The molecule has 0 bridgehead atoms. The summed E-state index contributed by atoms with van der Waals surface area (Å²) in [6, 6.07) is 20.6. The number of anilines is 1. The third kappa shape index (κ3) is 3.87. The predicted octanol–water partition coefficient (Wildman–Crippen LogP) is 6.78. The molecule has 150 valence electrons. The maximum absolute atomic E-state index is 13.5. The number of amides is 1. The van der Waals surface area contributed by atoms with Crippen molar-refractivity contribution in [2.75, 3.05) is 12.0 Å². The summed E-state index contributed by atoms with van der Waals surface area (Å²) in [5.41, 5.74) is 4.77. The summed E-state index contributed by atoms with van der Waals surface area (Å²) in [6.45, 7) is 1.91. The van der Waals surface area contributed by atoms with Crippen molar-refractivity contribution in [1.82, 2.24) is 0 Å². The number of methoxy groups -OCH3 is 1. The smallest absolute Gasteiger partial charge is 0.262 e. The highest BCUT2D eigenvalue weighted by atomic mass is 35.5. The van der Waals surface area contributed by atoms with Gasteiger partial charge in [-0.15, -0.1) is 0 Å². The van der Waals surface area contributed by atoms with E-state index >= 15 is 0 Å². The Morgan fingerprint density at radius 1 is 0.933 bits per heavy atom.